The first-order chi connectivity index (χ1) is 20.8. The first kappa shape index (κ1) is 27.9. The summed E-state index contributed by atoms with van der Waals surface area (Å²) in [7, 11) is 1.52. The van der Waals surface area contributed by atoms with Gasteiger partial charge in [-0.05, 0) is 61.3 Å². The van der Waals surface area contributed by atoms with E-state index in [1.165, 1.54) is 48.9 Å². The lowest BCUT2D eigenvalue weighted by Gasteiger charge is -2.26. The number of nitro benzene ring substituents is 1. The number of urea groups is 1. The van der Waals surface area contributed by atoms with Gasteiger partial charge in [-0.25, -0.2) is 9.79 Å². The summed E-state index contributed by atoms with van der Waals surface area (Å²) in [5.41, 5.74) is 4.64. The molecule has 0 aliphatic carbocycles. The zero-order valence-electron chi connectivity index (χ0n) is 23.5. The third-order valence-electron chi connectivity index (χ3n) is 7.85. The SMILES string of the molecule is CN1C(=O)NC(=O)/C1=C/c1ccc(N=C(c2ccc(CN3CCCCC3)cc2)c2c(O)[nH]c3ccc([N+](=O)[O-])cc23)cc1. The highest BCUT2D eigenvalue weighted by molar-refractivity contribution is 6.22. The predicted octanol–water partition coefficient (Wildman–Crippen LogP) is 5.46. The molecule has 0 spiro atoms. The van der Waals surface area contributed by atoms with E-state index in [2.05, 4.69) is 15.2 Å². The Bertz CT molecular complexity index is 1780. The number of imide groups is 1. The molecule has 3 aromatic carbocycles. The van der Waals surface area contributed by atoms with Gasteiger partial charge in [0.15, 0.2) is 5.88 Å². The fourth-order valence-corrected chi connectivity index (χ4v) is 5.53. The lowest BCUT2D eigenvalue weighted by atomic mass is 9.99. The third-order valence-corrected chi connectivity index (χ3v) is 7.85. The second-order valence-corrected chi connectivity index (χ2v) is 10.8. The Labute approximate surface area is 247 Å². The molecule has 3 amide bonds. The van der Waals surface area contributed by atoms with Crippen LogP contribution in [0.25, 0.3) is 17.0 Å². The molecule has 3 heterocycles. The molecule has 0 bridgehead atoms. The second-order valence-electron chi connectivity index (χ2n) is 10.8. The van der Waals surface area contributed by atoms with Crippen LogP contribution in [0.2, 0.25) is 0 Å². The number of piperidine rings is 1. The molecule has 0 radical (unpaired) electrons. The number of nitrogens with zero attached hydrogens (tertiary/aromatic N) is 4. The van der Waals surface area contributed by atoms with E-state index in [0.29, 0.717) is 33.4 Å². The number of aromatic hydroxyl groups is 1. The van der Waals surface area contributed by atoms with E-state index in [-0.39, 0.29) is 17.3 Å². The molecule has 0 atom stereocenters. The van der Waals surface area contributed by atoms with Crippen molar-refractivity contribution < 1.29 is 19.6 Å². The van der Waals surface area contributed by atoms with Gasteiger partial charge in [0, 0.05) is 42.2 Å². The minimum atomic E-state index is -0.483. The van der Waals surface area contributed by atoms with Gasteiger partial charge in [0.05, 0.1) is 21.9 Å². The Morgan fingerprint density at radius 2 is 1.74 bits per heavy atom. The number of likely N-dealkylation sites (tertiary alicyclic amines) is 1. The molecule has 3 N–H and O–H groups in total. The molecule has 2 aliphatic heterocycles. The van der Waals surface area contributed by atoms with Gasteiger partial charge in [0.2, 0.25) is 0 Å². The number of rotatable bonds is 7. The van der Waals surface area contributed by atoms with E-state index >= 15 is 0 Å². The summed E-state index contributed by atoms with van der Waals surface area (Å²) in [4.78, 5) is 46.5. The minimum Gasteiger partial charge on any atom is -0.494 e. The smallest absolute Gasteiger partial charge is 0.328 e. The lowest BCUT2D eigenvalue weighted by Crippen LogP contribution is -2.29. The quantitative estimate of drug-likeness (QED) is 0.0874. The van der Waals surface area contributed by atoms with Gasteiger partial charge < -0.3 is 10.1 Å². The molecule has 2 aliphatic rings. The largest absolute Gasteiger partial charge is 0.494 e. The zero-order valence-corrected chi connectivity index (χ0v) is 23.5. The summed E-state index contributed by atoms with van der Waals surface area (Å²) in [5, 5.41) is 25.3. The van der Waals surface area contributed by atoms with Crippen LogP contribution in [0, 0.1) is 10.1 Å². The average Bonchev–Trinajstić information content (AvgIpc) is 3.46. The summed E-state index contributed by atoms with van der Waals surface area (Å²) in [6.07, 6.45) is 5.30. The number of amides is 3. The van der Waals surface area contributed by atoms with Crippen molar-refractivity contribution in [2.75, 3.05) is 20.1 Å². The van der Waals surface area contributed by atoms with Crippen LogP contribution >= 0.6 is 0 Å². The molecule has 4 aromatic rings. The van der Waals surface area contributed by atoms with Crippen LogP contribution in [0.15, 0.2) is 77.4 Å². The van der Waals surface area contributed by atoms with Gasteiger partial charge in [-0.2, -0.15) is 0 Å². The molecule has 1 aromatic heterocycles. The lowest BCUT2D eigenvalue weighted by molar-refractivity contribution is -0.384. The van der Waals surface area contributed by atoms with Crippen molar-refractivity contribution >= 4 is 46.0 Å². The third kappa shape index (κ3) is 5.75. The minimum absolute atomic E-state index is 0.0965. The molecule has 11 heteroatoms. The monoisotopic (exact) mass is 578 g/mol. The Kier molecular flexibility index (Phi) is 7.47. The zero-order chi connectivity index (χ0) is 30.1. The maximum Gasteiger partial charge on any atom is 0.328 e. The summed E-state index contributed by atoms with van der Waals surface area (Å²) in [6.45, 7) is 3.02. The molecule has 2 fully saturated rings. The van der Waals surface area contributed by atoms with Crippen molar-refractivity contribution in [3.8, 4) is 5.88 Å². The van der Waals surface area contributed by atoms with Crippen LogP contribution in [0.3, 0.4) is 0 Å². The summed E-state index contributed by atoms with van der Waals surface area (Å²) in [5.74, 6) is -0.613. The number of hydrogen-bond acceptors (Lipinski definition) is 7. The number of hydrogen-bond donors (Lipinski definition) is 3. The number of likely N-dealkylation sites (N-methyl/N-ethyl adjacent to an activating group) is 1. The van der Waals surface area contributed by atoms with Crippen LogP contribution in [0.4, 0.5) is 16.2 Å². The Hall–Kier alpha value is -5.29. The topological polar surface area (TPSA) is 144 Å². The van der Waals surface area contributed by atoms with Crippen molar-refractivity contribution in [3.05, 3.63) is 105 Å². The van der Waals surface area contributed by atoms with Crippen LogP contribution in [0.1, 0.15) is 41.5 Å². The molecule has 0 saturated carbocycles. The Morgan fingerprint density at radius 3 is 2.40 bits per heavy atom. The van der Waals surface area contributed by atoms with E-state index in [4.69, 9.17) is 4.99 Å². The average molecular weight is 579 g/mol. The Morgan fingerprint density at radius 1 is 1.02 bits per heavy atom. The van der Waals surface area contributed by atoms with E-state index in [1.54, 1.807) is 36.4 Å². The molecular weight excluding hydrogens is 548 g/mol. The van der Waals surface area contributed by atoms with Crippen molar-refractivity contribution in [2.24, 2.45) is 4.99 Å². The fourth-order valence-electron chi connectivity index (χ4n) is 5.53. The first-order valence-corrected chi connectivity index (χ1v) is 14.1. The van der Waals surface area contributed by atoms with Gasteiger partial charge >= 0.3 is 6.03 Å². The number of non-ortho nitro benzene ring substituents is 1. The number of benzene rings is 3. The number of aliphatic imine (C=N–C) groups is 1. The molecule has 6 rings (SSSR count). The van der Waals surface area contributed by atoms with Gasteiger partial charge in [0.1, 0.15) is 5.70 Å². The molecular formula is C32H30N6O5. The molecule has 43 heavy (non-hydrogen) atoms. The summed E-state index contributed by atoms with van der Waals surface area (Å²) in [6, 6.07) is 19.0. The summed E-state index contributed by atoms with van der Waals surface area (Å²) >= 11 is 0. The predicted molar refractivity (Wildman–Crippen MR) is 163 cm³/mol. The van der Waals surface area contributed by atoms with Crippen LogP contribution in [-0.2, 0) is 11.3 Å². The van der Waals surface area contributed by atoms with Crippen LogP contribution < -0.4 is 5.32 Å². The van der Waals surface area contributed by atoms with Crippen LogP contribution in [-0.4, -0.2) is 62.6 Å². The fraction of sp³-hybridized carbons (Fsp3) is 0.219. The van der Waals surface area contributed by atoms with Crippen molar-refractivity contribution in [1.29, 1.82) is 0 Å². The van der Waals surface area contributed by atoms with Gasteiger partial charge in [-0.3, -0.25) is 30.0 Å². The van der Waals surface area contributed by atoms with Gasteiger partial charge in [0.25, 0.3) is 11.6 Å². The number of nitro groups is 1. The number of fused-ring (bicyclic) bond motifs is 1. The number of aromatic amines is 1. The number of carbonyl (C=O) groups is 2. The van der Waals surface area contributed by atoms with E-state index in [9.17, 15) is 24.8 Å². The summed E-state index contributed by atoms with van der Waals surface area (Å²) < 4.78 is 0. The highest BCUT2D eigenvalue weighted by atomic mass is 16.6. The molecule has 11 nitrogen and oxygen atoms in total. The van der Waals surface area contributed by atoms with E-state index in [0.717, 1.165) is 25.2 Å². The van der Waals surface area contributed by atoms with Crippen molar-refractivity contribution in [2.45, 2.75) is 25.8 Å². The number of nitrogens with one attached hydrogen (secondary N) is 2. The highest BCUT2D eigenvalue weighted by Crippen LogP contribution is 2.34. The number of carbonyl (C=O) groups excluding carboxylic acids is 2. The molecule has 218 valence electrons. The first-order valence-electron chi connectivity index (χ1n) is 14.1. The highest BCUT2D eigenvalue weighted by Gasteiger charge is 2.29. The maximum absolute atomic E-state index is 12.1. The normalized spacial score (nSPS) is 17.2. The molecule has 2 saturated heterocycles. The molecule has 0 unspecified atom stereocenters. The second kappa shape index (κ2) is 11.5. The van der Waals surface area contributed by atoms with Gasteiger partial charge in [-0.1, -0.05) is 42.8 Å². The van der Waals surface area contributed by atoms with Crippen LogP contribution in [0.5, 0.6) is 5.88 Å². The van der Waals surface area contributed by atoms with E-state index < -0.39 is 16.9 Å². The van der Waals surface area contributed by atoms with Gasteiger partial charge in [-0.15, -0.1) is 0 Å². The maximum atomic E-state index is 12.1. The Balaban J connectivity index is 1.40. The van der Waals surface area contributed by atoms with Crippen molar-refractivity contribution in [1.82, 2.24) is 20.1 Å². The number of H-pyrrole nitrogens is 1. The van der Waals surface area contributed by atoms with E-state index in [1.807, 2.05) is 24.3 Å². The van der Waals surface area contributed by atoms with Crippen molar-refractivity contribution in [3.63, 3.8) is 0 Å². The number of aromatic nitrogens is 1. The standard InChI is InChI=1S/C32H30N6O5/c1-36-27(30(39)35-32(36)41)17-20-7-11-23(12-8-20)33-29(22-9-5-21(6-10-22)19-37-15-3-2-4-16-37)28-25-18-24(38(42)43)13-14-26(25)34-31(28)40/h5-14,17-18,34,40H,2-4,15-16,19H2,1H3,(H,35,39,41)/b27-17-,33-29?.